The van der Waals surface area contributed by atoms with Crippen LogP contribution in [0.25, 0.3) is 0 Å². The number of carbonyl (C=O) groups is 1. The number of carbonyl (C=O) groups excluding carboxylic acids is 1. The standard InChI is InChI=1S/C17H14ClN3O6S2/c1-8-10(3-4-11-14(8)26-7-25-11)19-16(22)15-12(5-6-28-15)29(23,24)21-17-13(18)9(2)20-27-17/h3-6,21H,7H2,1-2H3,(H,19,22). The SMILES string of the molecule is Cc1noc(NS(=O)(=O)c2ccsc2C(=O)Nc2ccc3c(c2C)OCO3)c1Cl. The minimum atomic E-state index is -4.13. The smallest absolute Gasteiger partial charge is 0.267 e. The third-order valence-electron chi connectivity index (χ3n) is 4.18. The van der Waals surface area contributed by atoms with Crippen molar-refractivity contribution in [3.63, 3.8) is 0 Å². The number of nitrogens with one attached hydrogen (secondary N) is 2. The molecule has 2 aromatic heterocycles. The van der Waals surface area contributed by atoms with Crippen molar-refractivity contribution in [2.75, 3.05) is 16.8 Å². The number of hydrogen-bond acceptors (Lipinski definition) is 8. The molecule has 0 fully saturated rings. The fraction of sp³-hybridized carbons (Fsp3) is 0.176. The van der Waals surface area contributed by atoms with Gasteiger partial charge in [-0.2, -0.15) is 0 Å². The Labute approximate surface area is 174 Å². The number of ether oxygens (including phenoxy) is 2. The Kier molecular flexibility index (Phi) is 4.89. The summed E-state index contributed by atoms with van der Waals surface area (Å²) < 4.78 is 43.3. The number of sulfonamides is 1. The molecule has 152 valence electrons. The predicted molar refractivity (Wildman–Crippen MR) is 107 cm³/mol. The molecule has 3 heterocycles. The maximum absolute atomic E-state index is 12.8. The van der Waals surface area contributed by atoms with E-state index in [1.165, 1.54) is 11.4 Å². The Morgan fingerprint density at radius 2 is 2.03 bits per heavy atom. The Morgan fingerprint density at radius 1 is 1.24 bits per heavy atom. The molecule has 1 amide bonds. The molecule has 1 aliphatic rings. The zero-order chi connectivity index (χ0) is 20.8. The van der Waals surface area contributed by atoms with Gasteiger partial charge in [-0.05, 0) is 37.4 Å². The van der Waals surface area contributed by atoms with E-state index in [4.69, 9.17) is 25.6 Å². The number of aromatic nitrogens is 1. The summed E-state index contributed by atoms with van der Waals surface area (Å²) in [6.07, 6.45) is 0. The van der Waals surface area contributed by atoms with Gasteiger partial charge in [0.1, 0.15) is 20.5 Å². The number of thiophene rings is 1. The fourth-order valence-electron chi connectivity index (χ4n) is 2.70. The second-order valence-corrected chi connectivity index (χ2v) is 9.00. The van der Waals surface area contributed by atoms with E-state index in [0.717, 1.165) is 11.3 Å². The van der Waals surface area contributed by atoms with Crippen molar-refractivity contribution < 1.29 is 27.2 Å². The number of hydrogen-bond donors (Lipinski definition) is 2. The first kappa shape index (κ1) is 19.6. The lowest BCUT2D eigenvalue weighted by Crippen LogP contribution is -2.18. The van der Waals surface area contributed by atoms with E-state index >= 15 is 0 Å². The molecule has 0 spiro atoms. The van der Waals surface area contributed by atoms with Gasteiger partial charge in [0.15, 0.2) is 11.5 Å². The minimum absolute atomic E-state index is 0.00178. The lowest BCUT2D eigenvalue weighted by atomic mass is 10.1. The van der Waals surface area contributed by atoms with E-state index in [1.54, 1.807) is 26.0 Å². The molecule has 4 rings (SSSR count). The average molecular weight is 456 g/mol. The summed E-state index contributed by atoms with van der Waals surface area (Å²) in [4.78, 5) is 12.6. The number of rotatable bonds is 5. The van der Waals surface area contributed by atoms with Crippen LogP contribution in [0.1, 0.15) is 20.9 Å². The second-order valence-electron chi connectivity index (χ2n) is 6.06. The van der Waals surface area contributed by atoms with Crippen LogP contribution < -0.4 is 19.5 Å². The van der Waals surface area contributed by atoms with E-state index in [1.807, 2.05) is 0 Å². The molecule has 1 aliphatic heterocycles. The molecule has 0 saturated carbocycles. The molecule has 0 unspecified atom stereocenters. The number of anilines is 2. The topological polar surface area (TPSA) is 120 Å². The van der Waals surface area contributed by atoms with Crippen molar-refractivity contribution in [1.82, 2.24) is 5.16 Å². The largest absolute Gasteiger partial charge is 0.454 e. The highest BCUT2D eigenvalue weighted by Gasteiger charge is 2.28. The molecule has 2 N–H and O–H groups in total. The first-order valence-corrected chi connectivity index (χ1v) is 10.9. The second kappa shape index (κ2) is 7.25. The van der Waals surface area contributed by atoms with Gasteiger partial charge in [-0.15, -0.1) is 11.3 Å². The van der Waals surface area contributed by atoms with E-state index in [0.29, 0.717) is 28.4 Å². The average Bonchev–Trinajstić information content (AvgIpc) is 3.41. The Hall–Kier alpha value is -2.76. The van der Waals surface area contributed by atoms with Gasteiger partial charge in [0.2, 0.25) is 6.79 Å². The van der Waals surface area contributed by atoms with Crippen molar-refractivity contribution in [3.8, 4) is 11.5 Å². The number of aryl methyl sites for hydroxylation is 1. The number of halogens is 1. The van der Waals surface area contributed by atoms with Crippen molar-refractivity contribution >= 4 is 50.4 Å². The van der Waals surface area contributed by atoms with Gasteiger partial charge < -0.3 is 19.3 Å². The van der Waals surface area contributed by atoms with Crippen molar-refractivity contribution in [2.24, 2.45) is 0 Å². The van der Waals surface area contributed by atoms with E-state index in [2.05, 4.69) is 15.2 Å². The highest BCUT2D eigenvalue weighted by atomic mass is 35.5. The minimum Gasteiger partial charge on any atom is -0.454 e. The molecule has 29 heavy (non-hydrogen) atoms. The normalized spacial score (nSPS) is 12.8. The molecule has 0 saturated heterocycles. The number of nitrogens with zero attached hydrogens (tertiary/aromatic N) is 1. The fourth-order valence-corrected chi connectivity index (χ4v) is 5.19. The summed E-state index contributed by atoms with van der Waals surface area (Å²) >= 11 is 6.96. The third-order valence-corrected chi connectivity index (χ3v) is 7.04. The van der Waals surface area contributed by atoms with E-state index < -0.39 is 15.9 Å². The zero-order valence-corrected chi connectivity index (χ0v) is 17.5. The van der Waals surface area contributed by atoms with Gasteiger partial charge in [-0.25, -0.2) is 13.1 Å². The number of fused-ring (bicyclic) bond motifs is 1. The zero-order valence-electron chi connectivity index (χ0n) is 15.1. The van der Waals surface area contributed by atoms with Gasteiger partial charge in [0, 0.05) is 11.3 Å². The summed E-state index contributed by atoms with van der Waals surface area (Å²) in [5, 5.41) is 7.87. The van der Waals surface area contributed by atoms with E-state index in [9.17, 15) is 13.2 Å². The summed E-state index contributed by atoms with van der Waals surface area (Å²) in [7, 11) is -4.13. The third kappa shape index (κ3) is 3.52. The summed E-state index contributed by atoms with van der Waals surface area (Å²) in [5.41, 5.74) is 1.50. The van der Waals surface area contributed by atoms with Gasteiger partial charge in [0.05, 0.1) is 0 Å². The van der Waals surface area contributed by atoms with Crippen LogP contribution in [-0.4, -0.2) is 26.3 Å². The van der Waals surface area contributed by atoms with Gasteiger partial charge in [-0.3, -0.25) is 4.79 Å². The summed E-state index contributed by atoms with van der Waals surface area (Å²) in [5.74, 6) is 0.331. The Bertz CT molecular complexity index is 1220. The number of benzene rings is 1. The molecule has 0 atom stereocenters. The van der Waals surface area contributed by atoms with Crippen LogP contribution in [0.5, 0.6) is 11.5 Å². The first-order chi connectivity index (χ1) is 13.8. The molecule has 1 aromatic carbocycles. The molecule has 3 aromatic rings. The quantitative estimate of drug-likeness (QED) is 0.600. The first-order valence-electron chi connectivity index (χ1n) is 8.20. The maximum atomic E-state index is 12.8. The van der Waals surface area contributed by atoms with Crippen LogP contribution in [0.3, 0.4) is 0 Å². The highest BCUT2D eigenvalue weighted by Crippen LogP contribution is 2.39. The highest BCUT2D eigenvalue weighted by molar-refractivity contribution is 7.93. The molecule has 0 radical (unpaired) electrons. The van der Waals surface area contributed by atoms with Crippen LogP contribution in [-0.2, 0) is 10.0 Å². The maximum Gasteiger partial charge on any atom is 0.267 e. The van der Waals surface area contributed by atoms with Gasteiger partial charge in [-0.1, -0.05) is 16.8 Å². The molecular weight excluding hydrogens is 442 g/mol. The van der Waals surface area contributed by atoms with Crippen molar-refractivity contribution in [1.29, 1.82) is 0 Å². The Balaban J connectivity index is 1.60. The number of amides is 1. The molecule has 9 nitrogen and oxygen atoms in total. The predicted octanol–water partition coefficient (Wildman–Crippen LogP) is 3.79. The van der Waals surface area contributed by atoms with Crippen molar-refractivity contribution in [3.05, 3.63) is 44.7 Å². The van der Waals surface area contributed by atoms with Crippen molar-refractivity contribution in [2.45, 2.75) is 18.7 Å². The molecule has 12 heteroatoms. The lowest BCUT2D eigenvalue weighted by molar-refractivity contribution is 0.102. The van der Waals surface area contributed by atoms with Gasteiger partial charge in [0.25, 0.3) is 21.8 Å². The van der Waals surface area contributed by atoms with Crippen LogP contribution in [0.4, 0.5) is 11.6 Å². The summed E-state index contributed by atoms with van der Waals surface area (Å²) in [6, 6.07) is 4.66. The monoisotopic (exact) mass is 455 g/mol. The van der Waals surface area contributed by atoms with Crippen LogP contribution >= 0.6 is 22.9 Å². The van der Waals surface area contributed by atoms with Crippen LogP contribution in [0.15, 0.2) is 33.0 Å². The van der Waals surface area contributed by atoms with E-state index in [-0.39, 0.29) is 27.5 Å². The molecule has 0 bridgehead atoms. The van der Waals surface area contributed by atoms with Crippen LogP contribution in [0.2, 0.25) is 5.02 Å². The van der Waals surface area contributed by atoms with Gasteiger partial charge >= 0.3 is 0 Å². The Morgan fingerprint density at radius 3 is 2.76 bits per heavy atom. The van der Waals surface area contributed by atoms with Crippen LogP contribution in [0, 0.1) is 13.8 Å². The summed E-state index contributed by atoms with van der Waals surface area (Å²) in [6.45, 7) is 3.45. The molecular formula is C17H14ClN3O6S2. The lowest BCUT2D eigenvalue weighted by Gasteiger charge is -2.11. The molecule has 0 aliphatic carbocycles.